The summed E-state index contributed by atoms with van der Waals surface area (Å²) in [7, 11) is 1.60. The van der Waals surface area contributed by atoms with E-state index in [1.165, 1.54) is 12.1 Å². The quantitative estimate of drug-likeness (QED) is 0.626. The van der Waals surface area contributed by atoms with E-state index in [1.807, 2.05) is 24.3 Å². The van der Waals surface area contributed by atoms with Gasteiger partial charge >= 0.3 is 0 Å². The minimum atomic E-state index is -0.292. The average molecular weight is 448 g/mol. The predicted molar refractivity (Wildman–Crippen MR) is 125 cm³/mol. The summed E-state index contributed by atoms with van der Waals surface area (Å²) in [5.74, 6) is 0.0265. The predicted octanol–water partition coefficient (Wildman–Crippen LogP) is 3.73. The molecule has 4 rings (SSSR count). The van der Waals surface area contributed by atoms with Gasteiger partial charge in [0.2, 0.25) is 0 Å². The van der Waals surface area contributed by atoms with E-state index >= 15 is 0 Å². The Bertz CT molecular complexity index is 1110. The SMILES string of the molecule is COc1ccc(CNC(=O)c2ccccc2C(=O)N2CCN(c3ccc(F)cc3)CC2)cc1. The molecule has 3 aromatic rings. The Morgan fingerprint density at radius 1 is 0.879 bits per heavy atom. The van der Waals surface area contributed by atoms with Crippen LogP contribution in [0.3, 0.4) is 0 Å². The Morgan fingerprint density at radius 3 is 2.15 bits per heavy atom. The van der Waals surface area contributed by atoms with Crippen molar-refractivity contribution in [3.05, 3.63) is 95.3 Å². The summed E-state index contributed by atoms with van der Waals surface area (Å²) in [6, 6.07) is 20.7. The number of halogens is 1. The van der Waals surface area contributed by atoms with Gasteiger partial charge in [0, 0.05) is 38.4 Å². The van der Waals surface area contributed by atoms with E-state index in [0.29, 0.717) is 43.9 Å². The molecule has 1 N–H and O–H groups in total. The van der Waals surface area contributed by atoms with Crippen LogP contribution in [0.2, 0.25) is 0 Å². The average Bonchev–Trinajstić information content (AvgIpc) is 2.87. The first-order chi connectivity index (χ1) is 16.0. The van der Waals surface area contributed by atoms with Crippen LogP contribution in [0.4, 0.5) is 10.1 Å². The monoisotopic (exact) mass is 447 g/mol. The van der Waals surface area contributed by atoms with E-state index in [-0.39, 0.29) is 17.6 Å². The molecule has 3 aromatic carbocycles. The van der Waals surface area contributed by atoms with Crippen molar-refractivity contribution in [2.75, 3.05) is 38.2 Å². The molecule has 1 saturated heterocycles. The molecule has 0 radical (unpaired) electrons. The summed E-state index contributed by atoms with van der Waals surface area (Å²) in [6.07, 6.45) is 0. The molecule has 7 heteroatoms. The summed E-state index contributed by atoms with van der Waals surface area (Å²) in [5, 5.41) is 2.89. The number of piperazine rings is 1. The molecule has 1 aliphatic heterocycles. The molecule has 0 saturated carbocycles. The number of methoxy groups -OCH3 is 1. The van der Waals surface area contributed by atoms with Crippen molar-refractivity contribution in [3.8, 4) is 5.75 Å². The first-order valence-electron chi connectivity index (χ1n) is 10.8. The van der Waals surface area contributed by atoms with Crippen LogP contribution >= 0.6 is 0 Å². The maximum atomic E-state index is 13.2. The fraction of sp³-hybridized carbons (Fsp3) is 0.231. The number of benzene rings is 3. The van der Waals surface area contributed by atoms with Crippen LogP contribution < -0.4 is 15.0 Å². The third-order valence-corrected chi connectivity index (χ3v) is 5.77. The molecule has 1 heterocycles. The summed E-state index contributed by atoms with van der Waals surface area (Å²) in [6.45, 7) is 2.68. The van der Waals surface area contributed by atoms with Gasteiger partial charge < -0.3 is 19.9 Å². The number of nitrogens with one attached hydrogen (secondary N) is 1. The van der Waals surface area contributed by atoms with Gasteiger partial charge in [-0.3, -0.25) is 9.59 Å². The number of carbonyl (C=O) groups excluding carboxylic acids is 2. The molecule has 170 valence electrons. The number of anilines is 1. The van der Waals surface area contributed by atoms with Gasteiger partial charge in [-0.2, -0.15) is 0 Å². The van der Waals surface area contributed by atoms with Crippen LogP contribution in [0, 0.1) is 5.82 Å². The maximum Gasteiger partial charge on any atom is 0.254 e. The molecule has 0 aliphatic carbocycles. The van der Waals surface area contributed by atoms with Gasteiger partial charge in [-0.15, -0.1) is 0 Å². The Labute approximate surface area is 192 Å². The number of nitrogens with zero attached hydrogens (tertiary/aromatic N) is 2. The topological polar surface area (TPSA) is 61.9 Å². The Hall–Kier alpha value is -3.87. The summed E-state index contributed by atoms with van der Waals surface area (Å²) >= 11 is 0. The van der Waals surface area contributed by atoms with Gasteiger partial charge in [-0.05, 0) is 54.1 Å². The number of hydrogen-bond acceptors (Lipinski definition) is 4. The second kappa shape index (κ2) is 10.2. The van der Waals surface area contributed by atoms with E-state index in [9.17, 15) is 14.0 Å². The van der Waals surface area contributed by atoms with E-state index in [4.69, 9.17) is 4.74 Å². The third-order valence-electron chi connectivity index (χ3n) is 5.77. The maximum absolute atomic E-state index is 13.2. The Morgan fingerprint density at radius 2 is 1.52 bits per heavy atom. The van der Waals surface area contributed by atoms with E-state index in [2.05, 4.69) is 10.2 Å². The minimum absolute atomic E-state index is 0.163. The molecular formula is C26H26FN3O3. The largest absolute Gasteiger partial charge is 0.497 e. The lowest BCUT2D eigenvalue weighted by molar-refractivity contribution is 0.0740. The smallest absolute Gasteiger partial charge is 0.254 e. The summed E-state index contributed by atoms with van der Waals surface area (Å²) < 4.78 is 18.3. The first kappa shape index (κ1) is 22.3. The highest BCUT2D eigenvalue weighted by molar-refractivity contribution is 6.07. The van der Waals surface area contributed by atoms with Gasteiger partial charge in [0.15, 0.2) is 0 Å². The summed E-state index contributed by atoms with van der Waals surface area (Å²) in [4.78, 5) is 30.0. The number of ether oxygens (including phenoxy) is 1. The van der Waals surface area contributed by atoms with Crippen LogP contribution in [0.5, 0.6) is 5.75 Å². The van der Waals surface area contributed by atoms with Crippen molar-refractivity contribution in [1.29, 1.82) is 0 Å². The molecule has 0 aromatic heterocycles. The molecule has 6 nitrogen and oxygen atoms in total. The number of hydrogen-bond donors (Lipinski definition) is 1. The Kier molecular flexibility index (Phi) is 6.88. The fourth-order valence-electron chi connectivity index (χ4n) is 3.88. The van der Waals surface area contributed by atoms with Crippen molar-refractivity contribution >= 4 is 17.5 Å². The molecule has 0 atom stereocenters. The normalized spacial score (nSPS) is 13.5. The lowest BCUT2D eigenvalue weighted by atomic mass is 10.0. The van der Waals surface area contributed by atoms with Crippen molar-refractivity contribution in [3.63, 3.8) is 0 Å². The lowest BCUT2D eigenvalue weighted by Gasteiger charge is -2.36. The number of amides is 2. The molecule has 1 aliphatic rings. The van der Waals surface area contributed by atoms with Gasteiger partial charge in [0.05, 0.1) is 18.2 Å². The van der Waals surface area contributed by atoms with Gasteiger partial charge in [-0.25, -0.2) is 4.39 Å². The zero-order valence-electron chi connectivity index (χ0n) is 18.5. The zero-order chi connectivity index (χ0) is 23.2. The van der Waals surface area contributed by atoms with Gasteiger partial charge in [0.1, 0.15) is 11.6 Å². The van der Waals surface area contributed by atoms with Gasteiger partial charge in [0.25, 0.3) is 11.8 Å². The van der Waals surface area contributed by atoms with E-state index < -0.39 is 0 Å². The van der Waals surface area contributed by atoms with Crippen LogP contribution in [0.25, 0.3) is 0 Å². The number of rotatable bonds is 6. The third kappa shape index (κ3) is 5.31. The second-order valence-corrected chi connectivity index (χ2v) is 7.83. The molecule has 0 unspecified atom stereocenters. The zero-order valence-corrected chi connectivity index (χ0v) is 18.5. The molecule has 2 amide bonds. The van der Waals surface area contributed by atoms with E-state index in [1.54, 1.807) is 48.4 Å². The minimum Gasteiger partial charge on any atom is -0.497 e. The van der Waals surface area contributed by atoms with Crippen molar-refractivity contribution < 1.29 is 18.7 Å². The Balaban J connectivity index is 1.39. The van der Waals surface area contributed by atoms with E-state index in [0.717, 1.165) is 17.0 Å². The summed E-state index contributed by atoms with van der Waals surface area (Å²) in [5.41, 5.74) is 2.61. The van der Waals surface area contributed by atoms with Crippen molar-refractivity contribution in [1.82, 2.24) is 10.2 Å². The van der Waals surface area contributed by atoms with Crippen LogP contribution in [-0.4, -0.2) is 50.0 Å². The van der Waals surface area contributed by atoms with Crippen LogP contribution in [-0.2, 0) is 6.54 Å². The molecule has 0 bridgehead atoms. The first-order valence-corrected chi connectivity index (χ1v) is 10.8. The highest BCUT2D eigenvalue weighted by Crippen LogP contribution is 2.19. The molecule has 33 heavy (non-hydrogen) atoms. The molecular weight excluding hydrogens is 421 g/mol. The molecule has 1 fully saturated rings. The number of carbonyl (C=O) groups is 2. The lowest BCUT2D eigenvalue weighted by Crippen LogP contribution is -2.49. The fourth-order valence-corrected chi connectivity index (χ4v) is 3.88. The standard InChI is InChI=1S/C26H26FN3O3/c1-33-22-12-6-19(7-13-22)18-28-25(31)23-4-2-3-5-24(23)26(32)30-16-14-29(15-17-30)21-10-8-20(27)9-11-21/h2-13H,14-18H2,1H3,(H,28,31). The highest BCUT2D eigenvalue weighted by atomic mass is 19.1. The van der Waals surface area contributed by atoms with Crippen molar-refractivity contribution in [2.24, 2.45) is 0 Å². The van der Waals surface area contributed by atoms with Crippen LogP contribution in [0.15, 0.2) is 72.8 Å². The van der Waals surface area contributed by atoms with Gasteiger partial charge in [-0.1, -0.05) is 24.3 Å². The van der Waals surface area contributed by atoms with Crippen LogP contribution in [0.1, 0.15) is 26.3 Å². The molecule has 0 spiro atoms. The van der Waals surface area contributed by atoms with Crippen molar-refractivity contribution in [2.45, 2.75) is 6.54 Å². The highest BCUT2D eigenvalue weighted by Gasteiger charge is 2.25. The second-order valence-electron chi connectivity index (χ2n) is 7.83.